The van der Waals surface area contributed by atoms with Crippen molar-refractivity contribution in [2.75, 3.05) is 26.2 Å². The number of nitriles is 1. The molecule has 2 amide bonds. The number of carbonyl (C=O) groups is 2. The normalized spacial score (nSPS) is 21.9. The minimum absolute atomic E-state index is 0.275. The number of nitrogens with zero attached hydrogens (tertiary/aromatic N) is 4. The van der Waals surface area contributed by atoms with E-state index in [4.69, 9.17) is 11.6 Å². The Kier molecular flexibility index (Phi) is 7.67. The van der Waals surface area contributed by atoms with E-state index in [9.17, 15) is 23.6 Å². The van der Waals surface area contributed by atoms with E-state index in [0.717, 1.165) is 29.7 Å². The van der Waals surface area contributed by atoms with Crippen molar-refractivity contribution >= 4 is 35.6 Å². The van der Waals surface area contributed by atoms with Gasteiger partial charge in [-0.25, -0.2) is 8.78 Å². The smallest absolute Gasteiger partial charge is 0.270 e. The molecule has 188 valence electrons. The van der Waals surface area contributed by atoms with Crippen molar-refractivity contribution < 1.29 is 18.4 Å². The Hall–Kier alpha value is -3.35. The van der Waals surface area contributed by atoms with Gasteiger partial charge in [0.15, 0.2) is 5.66 Å². The molecule has 0 bridgehead atoms. The molecule has 36 heavy (non-hydrogen) atoms. The van der Waals surface area contributed by atoms with Crippen molar-refractivity contribution in [3.63, 3.8) is 0 Å². The van der Waals surface area contributed by atoms with Gasteiger partial charge in [0.05, 0.1) is 19.5 Å². The van der Waals surface area contributed by atoms with Gasteiger partial charge in [-0.1, -0.05) is 42.3 Å². The van der Waals surface area contributed by atoms with Crippen LogP contribution in [0.25, 0.3) is 12.2 Å². The summed E-state index contributed by atoms with van der Waals surface area (Å²) >= 11 is 5.91. The molecule has 7 nitrogen and oxygen atoms in total. The highest BCUT2D eigenvalue weighted by Gasteiger charge is 2.60. The van der Waals surface area contributed by atoms with Crippen LogP contribution in [0.2, 0.25) is 5.02 Å². The summed E-state index contributed by atoms with van der Waals surface area (Å²) in [6.45, 7) is -0.412. The Morgan fingerprint density at radius 2 is 1.86 bits per heavy atom. The minimum Gasteiger partial charge on any atom is -0.343 e. The molecule has 2 fully saturated rings. The fraction of sp³-hybridized carbons (Fsp3) is 0.385. The van der Waals surface area contributed by atoms with E-state index >= 15 is 0 Å². The molecule has 0 spiro atoms. The van der Waals surface area contributed by atoms with Gasteiger partial charge in [0.25, 0.3) is 11.8 Å². The Labute approximate surface area is 213 Å². The lowest BCUT2D eigenvalue weighted by molar-refractivity contribution is -0.139. The molecule has 2 aliphatic rings. The van der Waals surface area contributed by atoms with E-state index in [0.29, 0.717) is 23.7 Å². The zero-order chi connectivity index (χ0) is 25.8. The van der Waals surface area contributed by atoms with E-state index in [1.807, 2.05) is 18.2 Å². The second-order valence-corrected chi connectivity index (χ2v) is 9.46. The molecule has 0 radical (unpaired) electrons. The number of hydrogen-bond donors (Lipinski definition) is 1. The van der Waals surface area contributed by atoms with Gasteiger partial charge < -0.3 is 10.2 Å². The van der Waals surface area contributed by atoms with Crippen LogP contribution in [0, 0.1) is 11.3 Å². The Bertz CT molecular complexity index is 1190. The summed E-state index contributed by atoms with van der Waals surface area (Å²) in [6, 6.07) is 10.7. The number of hydrogen-bond acceptors (Lipinski definition) is 5. The van der Waals surface area contributed by atoms with Crippen molar-refractivity contribution in [1.29, 1.82) is 5.26 Å². The van der Waals surface area contributed by atoms with Crippen LogP contribution in [-0.2, 0) is 4.79 Å². The van der Waals surface area contributed by atoms with E-state index in [1.165, 1.54) is 18.5 Å². The number of aromatic nitrogens is 1. The molecule has 2 saturated heterocycles. The van der Waals surface area contributed by atoms with Crippen molar-refractivity contribution in [1.82, 2.24) is 20.1 Å². The average molecular weight is 514 g/mol. The Morgan fingerprint density at radius 3 is 2.56 bits per heavy atom. The first-order valence-corrected chi connectivity index (χ1v) is 12.1. The molecule has 10 heteroatoms. The molecular formula is C26H26ClF2N5O2. The van der Waals surface area contributed by atoms with Crippen LogP contribution in [0.5, 0.6) is 0 Å². The molecule has 0 saturated carbocycles. The number of halogens is 3. The first kappa shape index (κ1) is 25.7. The van der Waals surface area contributed by atoms with Crippen LogP contribution in [0.1, 0.15) is 47.2 Å². The van der Waals surface area contributed by atoms with Crippen LogP contribution in [0.4, 0.5) is 8.78 Å². The fourth-order valence-corrected chi connectivity index (χ4v) is 4.86. The topological polar surface area (TPSA) is 89.3 Å². The third-order valence-corrected chi connectivity index (χ3v) is 6.77. The summed E-state index contributed by atoms with van der Waals surface area (Å²) in [5.74, 6) is -4.45. The predicted molar refractivity (Wildman–Crippen MR) is 132 cm³/mol. The third kappa shape index (κ3) is 5.55. The van der Waals surface area contributed by atoms with E-state index in [1.54, 1.807) is 29.2 Å². The van der Waals surface area contributed by atoms with Crippen molar-refractivity contribution in [3.8, 4) is 6.07 Å². The monoisotopic (exact) mass is 513 g/mol. The summed E-state index contributed by atoms with van der Waals surface area (Å²) in [7, 11) is 0. The fourth-order valence-electron chi connectivity index (χ4n) is 4.74. The molecule has 1 aromatic carbocycles. The van der Waals surface area contributed by atoms with Gasteiger partial charge in [-0.3, -0.25) is 19.5 Å². The Morgan fingerprint density at radius 1 is 1.14 bits per heavy atom. The zero-order valence-corrected chi connectivity index (χ0v) is 20.3. The van der Waals surface area contributed by atoms with Gasteiger partial charge in [0.2, 0.25) is 5.91 Å². The molecule has 2 aliphatic heterocycles. The third-order valence-electron chi connectivity index (χ3n) is 6.52. The summed E-state index contributed by atoms with van der Waals surface area (Å²) < 4.78 is 28.9. The molecule has 0 aliphatic carbocycles. The minimum atomic E-state index is -3.18. The van der Waals surface area contributed by atoms with Crippen molar-refractivity contribution in [3.05, 3.63) is 64.4 Å². The molecule has 3 heterocycles. The number of carbonyl (C=O) groups excluding carboxylic acids is 2. The van der Waals surface area contributed by atoms with Gasteiger partial charge in [-0.15, -0.1) is 0 Å². The van der Waals surface area contributed by atoms with E-state index in [2.05, 4.69) is 10.3 Å². The van der Waals surface area contributed by atoms with Crippen molar-refractivity contribution in [2.45, 2.75) is 37.3 Å². The molecule has 2 aromatic rings. The molecule has 4 rings (SSSR count). The second-order valence-electron chi connectivity index (χ2n) is 9.02. The Balaban J connectivity index is 1.47. The molecule has 1 atom stereocenters. The molecule has 1 unspecified atom stereocenters. The maximum absolute atomic E-state index is 14.5. The maximum Gasteiger partial charge on any atom is 0.270 e. The number of piperidine rings is 1. The highest BCUT2D eigenvalue weighted by Crippen LogP contribution is 2.42. The first-order valence-electron chi connectivity index (χ1n) is 11.7. The van der Waals surface area contributed by atoms with Crippen LogP contribution in [0.15, 0.2) is 42.7 Å². The standard InChI is InChI=1S/C26H26ClF2N5O2/c27-21-8-5-19(6-9-21)4-7-20-14-31-11-10-22(20)24(36)32-15-23(35)34-18-25(28,29)16-26(34,17-30)33-12-2-1-3-13-33/h4-11,14H,1-3,12-13,15-16,18H2,(H,32,36)/b7-4+. The van der Waals surface area contributed by atoms with Gasteiger partial charge in [0, 0.05) is 41.6 Å². The van der Waals surface area contributed by atoms with Gasteiger partial charge in [-0.05, 0) is 36.6 Å². The SMILES string of the molecule is N#CC1(N2CCCCC2)CC(F)(F)CN1C(=O)CNC(=O)c1ccncc1/C=C/c1ccc(Cl)cc1. The predicted octanol–water partition coefficient (Wildman–Crippen LogP) is 4.21. The largest absolute Gasteiger partial charge is 0.343 e. The number of amides is 2. The molecule has 1 aromatic heterocycles. The average Bonchev–Trinajstić information content (AvgIpc) is 3.19. The lowest BCUT2D eigenvalue weighted by atomic mass is 10.0. The summed E-state index contributed by atoms with van der Waals surface area (Å²) in [5.41, 5.74) is -0.0537. The quantitative estimate of drug-likeness (QED) is 0.625. The van der Waals surface area contributed by atoms with Gasteiger partial charge in [0.1, 0.15) is 6.07 Å². The maximum atomic E-state index is 14.5. The lowest BCUT2D eigenvalue weighted by Gasteiger charge is -2.43. The first-order chi connectivity index (χ1) is 17.2. The highest BCUT2D eigenvalue weighted by atomic mass is 35.5. The van der Waals surface area contributed by atoms with Crippen LogP contribution in [-0.4, -0.2) is 64.4 Å². The molecular weight excluding hydrogens is 488 g/mol. The number of benzene rings is 1. The number of pyridine rings is 1. The number of nitrogens with one attached hydrogen (secondary N) is 1. The van der Waals surface area contributed by atoms with E-state index in [-0.39, 0.29) is 5.56 Å². The lowest BCUT2D eigenvalue weighted by Crippen LogP contribution is -2.60. The van der Waals surface area contributed by atoms with Crippen LogP contribution in [0.3, 0.4) is 0 Å². The van der Waals surface area contributed by atoms with Crippen LogP contribution >= 0.6 is 11.6 Å². The van der Waals surface area contributed by atoms with Crippen molar-refractivity contribution in [2.24, 2.45) is 0 Å². The second kappa shape index (κ2) is 10.7. The van der Waals surface area contributed by atoms with E-state index < -0.39 is 42.9 Å². The zero-order valence-electron chi connectivity index (χ0n) is 19.6. The van der Waals surface area contributed by atoms with Crippen LogP contribution < -0.4 is 5.32 Å². The van der Waals surface area contributed by atoms with Gasteiger partial charge >= 0.3 is 0 Å². The molecule has 1 N–H and O–H groups in total. The summed E-state index contributed by atoms with van der Waals surface area (Å²) in [6.07, 6.45) is 8.26. The number of likely N-dealkylation sites (tertiary alicyclic amines) is 2. The van der Waals surface area contributed by atoms with Gasteiger partial charge in [-0.2, -0.15) is 5.26 Å². The number of rotatable bonds is 6. The summed E-state index contributed by atoms with van der Waals surface area (Å²) in [5, 5.41) is 13.1. The summed E-state index contributed by atoms with van der Waals surface area (Å²) in [4.78, 5) is 32.7. The number of alkyl halides is 2. The highest BCUT2D eigenvalue weighted by molar-refractivity contribution is 6.30.